The molecule has 0 aromatic heterocycles. The molecule has 57 heavy (non-hydrogen) atoms. The second-order valence-electron chi connectivity index (χ2n) is 14.3. The van der Waals surface area contributed by atoms with Crippen molar-refractivity contribution in [2.45, 2.75) is 80.6 Å². The fraction of sp³-hybridized carbons (Fsp3) is 0.214. The summed E-state index contributed by atoms with van der Waals surface area (Å²) in [4.78, 5) is 0. The van der Waals surface area contributed by atoms with Crippen molar-refractivity contribution in [1.29, 1.82) is 0 Å². The summed E-state index contributed by atoms with van der Waals surface area (Å²) in [6.07, 6.45) is 1.10. The van der Waals surface area contributed by atoms with Crippen LogP contribution in [0.15, 0.2) is 188 Å². The molecule has 0 saturated carbocycles. The van der Waals surface area contributed by atoms with Crippen molar-refractivity contribution in [2.24, 2.45) is 0 Å². The molecule has 1 heteroatoms. The zero-order valence-corrected chi connectivity index (χ0v) is 35.8. The maximum Gasteiger partial charge on any atom is 0.0463 e. The number of rotatable bonds is 4. The van der Waals surface area contributed by atoms with Crippen molar-refractivity contribution < 1.29 is 0 Å². The van der Waals surface area contributed by atoms with Gasteiger partial charge < -0.3 is 5.32 Å². The molecule has 0 unspecified atom stereocenters. The summed E-state index contributed by atoms with van der Waals surface area (Å²) >= 11 is 0. The van der Waals surface area contributed by atoms with E-state index in [1.807, 2.05) is 45.9 Å². The Kier molecular flexibility index (Phi) is 17.8. The molecule has 0 radical (unpaired) electrons. The largest absolute Gasteiger partial charge is 0.355 e. The molecule has 8 aromatic carbocycles. The highest BCUT2D eigenvalue weighted by Crippen LogP contribution is 2.35. The number of hydrogen-bond acceptors (Lipinski definition) is 1. The molecule has 0 aliphatic heterocycles. The molecule has 1 aliphatic rings. The summed E-state index contributed by atoms with van der Waals surface area (Å²) in [5.41, 5.74) is 12.2. The van der Waals surface area contributed by atoms with E-state index in [4.69, 9.17) is 0 Å². The van der Waals surface area contributed by atoms with Crippen molar-refractivity contribution in [3.8, 4) is 11.1 Å². The van der Waals surface area contributed by atoms with Crippen LogP contribution in [0.3, 0.4) is 0 Å². The third-order valence-electron chi connectivity index (χ3n) is 9.74. The molecule has 292 valence electrons. The molecule has 8 aromatic rings. The van der Waals surface area contributed by atoms with Gasteiger partial charge in [0.05, 0.1) is 0 Å². The van der Waals surface area contributed by atoms with Gasteiger partial charge in [0.25, 0.3) is 0 Å². The Balaban J connectivity index is 0.000000166. The highest BCUT2D eigenvalue weighted by molar-refractivity contribution is 5.95. The number of fused-ring (bicyclic) bond motifs is 5. The molecule has 1 aliphatic carbocycles. The summed E-state index contributed by atoms with van der Waals surface area (Å²) in [5.74, 6) is 1.26. The van der Waals surface area contributed by atoms with E-state index in [0.717, 1.165) is 17.8 Å². The zero-order valence-electron chi connectivity index (χ0n) is 35.8. The molecular formula is C56H63N. The Hall–Kier alpha value is -5.92. The third kappa shape index (κ3) is 12.5. The average Bonchev–Trinajstić information content (AvgIpc) is 3.65. The number of aryl methyl sites for hydroxylation is 1. The van der Waals surface area contributed by atoms with Gasteiger partial charge in [-0.3, -0.25) is 0 Å². The molecule has 0 saturated heterocycles. The van der Waals surface area contributed by atoms with Crippen LogP contribution in [0.25, 0.3) is 32.7 Å². The average molecular weight is 750 g/mol. The minimum atomic E-state index is 0.603. The number of nitrogens with one attached hydrogen (secondary N) is 1. The SMILES string of the molecule is CC.CC.CC(C)c1cccc2ccccc12.Cc1ccc(C(C)C)cc1.c1ccc(Nc2cccc3ccccc23)cc1.c1ccc2c(c1)Cc1ccccc1-2. The molecule has 0 spiro atoms. The van der Waals surface area contributed by atoms with Gasteiger partial charge in [-0.1, -0.05) is 231 Å². The lowest BCUT2D eigenvalue weighted by molar-refractivity contribution is 0.866. The van der Waals surface area contributed by atoms with Crippen LogP contribution in [0, 0.1) is 6.92 Å². The Bertz CT molecular complexity index is 2300. The lowest BCUT2D eigenvalue weighted by Gasteiger charge is -2.09. The fourth-order valence-corrected chi connectivity index (χ4v) is 6.80. The molecule has 0 amide bonds. The molecule has 0 bridgehead atoms. The van der Waals surface area contributed by atoms with Crippen LogP contribution in [0.5, 0.6) is 0 Å². The summed E-state index contributed by atoms with van der Waals surface area (Å²) in [6.45, 7) is 19.0. The van der Waals surface area contributed by atoms with Crippen molar-refractivity contribution in [1.82, 2.24) is 0 Å². The summed E-state index contributed by atoms with van der Waals surface area (Å²) in [7, 11) is 0. The minimum Gasteiger partial charge on any atom is -0.355 e. The van der Waals surface area contributed by atoms with E-state index < -0.39 is 0 Å². The lowest BCUT2D eigenvalue weighted by atomic mass is 9.96. The first-order valence-corrected chi connectivity index (χ1v) is 20.9. The Morgan fingerprint density at radius 2 is 0.860 bits per heavy atom. The quantitative estimate of drug-likeness (QED) is 0.189. The predicted molar refractivity (Wildman–Crippen MR) is 254 cm³/mol. The van der Waals surface area contributed by atoms with E-state index in [2.05, 4.69) is 210 Å². The molecule has 1 nitrogen and oxygen atoms in total. The van der Waals surface area contributed by atoms with Crippen molar-refractivity contribution in [3.63, 3.8) is 0 Å². The van der Waals surface area contributed by atoms with E-state index in [9.17, 15) is 0 Å². The fourth-order valence-electron chi connectivity index (χ4n) is 6.80. The van der Waals surface area contributed by atoms with Gasteiger partial charge in [-0.25, -0.2) is 0 Å². The van der Waals surface area contributed by atoms with Crippen LogP contribution in [0.2, 0.25) is 0 Å². The normalized spacial score (nSPS) is 10.4. The Labute approximate surface area is 344 Å². The van der Waals surface area contributed by atoms with Gasteiger partial charge in [-0.15, -0.1) is 0 Å². The zero-order chi connectivity index (χ0) is 41.0. The van der Waals surface area contributed by atoms with Gasteiger partial charge in [0, 0.05) is 16.8 Å². The van der Waals surface area contributed by atoms with Crippen molar-refractivity contribution >= 4 is 32.9 Å². The topological polar surface area (TPSA) is 12.0 Å². The number of hydrogen-bond donors (Lipinski definition) is 1. The van der Waals surface area contributed by atoms with Gasteiger partial charge in [-0.2, -0.15) is 0 Å². The highest BCUT2D eigenvalue weighted by atomic mass is 14.9. The number of para-hydroxylation sites is 1. The van der Waals surface area contributed by atoms with Gasteiger partial charge in [0.15, 0.2) is 0 Å². The molecule has 0 heterocycles. The van der Waals surface area contributed by atoms with Crippen LogP contribution >= 0.6 is 0 Å². The molecule has 0 atom stereocenters. The summed E-state index contributed by atoms with van der Waals surface area (Å²) in [5, 5.41) is 8.68. The second kappa shape index (κ2) is 23.2. The number of anilines is 2. The lowest BCUT2D eigenvalue weighted by Crippen LogP contribution is -1.90. The molecular weight excluding hydrogens is 687 g/mol. The van der Waals surface area contributed by atoms with Gasteiger partial charge in [-0.05, 0) is 92.9 Å². The highest BCUT2D eigenvalue weighted by Gasteiger charge is 2.16. The van der Waals surface area contributed by atoms with Gasteiger partial charge in [0.2, 0.25) is 0 Å². The Morgan fingerprint density at radius 3 is 1.42 bits per heavy atom. The smallest absolute Gasteiger partial charge is 0.0463 e. The van der Waals surface area contributed by atoms with Crippen molar-refractivity contribution in [2.75, 3.05) is 5.32 Å². The van der Waals surface area contributed by atoms with Crippen LogP contribution in [-0.2, 0) is 6.42 Å². The maximum absolute atomic E-state index is 3.45. The van der Waals surface area contributed by atoms with Crippen LogP contribution < -0.4 is 5.32 Å². The first-order valence-electron chi connectivity index (χ1n) is 20.9. The predicted octanol–water partition coefficient (Wildman–Crippen LogP) is 17.0. The van der Waals surface area contributed by atoms with E-state index in [1.165, 1.54) is 60.5 Å². The monoisotopic (exact) mass is 749 g/mol. The molecule has 0 fully saturated rings. The maximum atomic E-state index is 3.45. The first-order chi connectivity index (χ1) is 27.9. The van der Waals surface area contributed by atoms with Crippen LogP contribution in [-0.4, -0.2) is 0 Å². The summed E-state index contributed by atoms with van der Waals surface area (Å²) < 4.78 is 0. The first kappa shape index (κ1) is 43.8. The number of benzene rings is 8. The minimum absolute atomic E-state index is 0.603. The molecule has 1 N–H and O–H groups in total. The molecule has 9 rings (SSSR count). The standard InChI is InChI=1S/C16H13N.C13H10.C13H14.C10H14.2C2H6/c1-2-9-14(10-3-1)17-16-12-6-8-13-7-4-5-11-15(13)16;1-3-7-12-10(5-1)9-11-6-2-4-8-13(11)12;1-10(2)12-9-5-7-11-6-3-4-8-13(11)12;1-8(2)10-6-4-9(3)5-7-10;2*1-2/h1-12,17H;1-8H,9H2;3-10H,1-2H3;4-8H,1-3H3;2*1-2H3. The van der Waals surface area contributed by atoms with E-state index in [1.54, 1.807) is 0 Å². The Morgan fingerprint density at radius 1 is 0.404 bits per heavy atom. The van der Waals surface area contributed by atoms with E-state index >= 15 is 0 Å². The van der Waals surface area contributed by atoms with Crippen molar-refractivity contribution in [3.05, 3.63) is 216 Å². The summed E-state index contributed by atoms with van der Waals surface area (Å²) in [6, 6.07) is 66.1. The van der Waals surface area contributed by atoms with Gasteiger partial charge in [0.1, 0.15) is 0 Å². The third-order valence-corrected chi connectivity index (χ3v) is 9.74. The second-order valence-corrected chi connectivity index (χ2v) is 14.3. The van der Waals surface area contributed by atoms with Crippen LogP contribution in [0.4, 0.5) is 11.4 Å². The van der Waals surface area contributed by atoms with Crippen LogP contribution in [0.1, 0.15) is 95.0 Å². The van der Waals surface area contributed by atoms with E-state index in [0.29, 0.717) is 11.8 Å². The van der Waals surface area contributed by atoms with E-state index in [-0.39, 0.29) is 0 Å². The van der Waals surface area contributed by atoms with Gasteiger partial charge >= 0.3 is 0 Å².